The third-order valence-electron chi connectivity index (χ3n) is 1.74. The van der Waals surface area contributed by atoms with E-state index in [0.717, 1.165) is 9.47 Å². The van der Waals surface area contributed by atoms with Crippen LogP contribution < -0.4 is 4.90 Å². The molecule has 0 bridgehead atoms. The normalized spacial score (nSPS) is 15.2. The number of nitrogens with zero attached hydrogens (tertiary/aromatic N) is 3. The average Bonchev–Trinajstić information content (AvgIpc) is 2.52. The molecule has 0 radical (unpaired) electrons. The van der Waals surface area contributed by atoms with Gasteiger partial charge in [-0.15, -0.1) is 10.2 Å². The van der Waals surface area contributed by atoms with Crippen LogP contribution in [0.4, 0.5) is 5.13 Å². The summed E-state index contributed by atoms with van der Waals surface area (Å²) in [5, 5.41) is 18.4. The molecule has 0 aliphatic heterocycles. The second-order valence-electron chi connectivity index (χ2n) is 3.31. The topological polar surface area (TPSA) is 49.2 Å². The van der Waals surface area contributed by atoms with Gasteiger partial charge in [-0.05, 0) is 6.92 Å². The van der Waals surface area contributed by atoms with Gasteiger partial charge in [0, 0.05) is 19.3 Å². The maximum absolute atomic E-state index is 9.32. The fraction of sp³-hybridized carbons (Fsp3) is 0.750. The first-order valence-corrected chi connectivity index (χ1v) is 6.06. The first kappa shape index (κ1) is 11.7. The predicted octanol–water partition coefficient (Wildman–Crippen LogP) is 1.47. The summed E-state index contributed by atoms with van der Waals surface area (Å²) in [5.74, 6) is 0. The second kappa shape index (κ2) is 4.95. The zero-order valence-corrected chi connectivity index (χ0v) is 10.4. The standard InChI is InChI=1S/C8H15N3OS2/c1-5(12)6(2)13-8-10-9-7(14-8)11(3)4/h5-6,12H,1-4H3/t5-,6+/m1/s1. The number of thioether (sulfide) groups is 1. The minimum absolute atomic E-state index is 0.151. The summed E-state index contributed by atoms with van der Waals surface area (Å²) in [5.41, 5.74) is 0. The van der Waals surface area contributed by atoms with Crippen LogP contribution in [-0.4, -0.2) is 40.8 Å². The molecule has 0 unspecified atom stereocenters. The molecule has 1 aromatic rings. The lowest BCUT2D eigenvalue weighted by Gasteiger charge is -2.10. The molecule has 0 saturated carbocycles. The van der Waals surface area contributed by atoms with Gasteiger partial charge in [0.05, 0.1) is 6.10 Å². The van der Waals surface area contributed by atoms with Crippen LogP contribution in [0.3, 0.4) is 0 Å². The minimum Gasteiger partial charge on any atom is -0.392 e. The van der Waals surface area contributed by atoms with Crippen LogP contribution in [-0.2, 0) is 0 Å². The van der Waals surface area contributed by atoms with Gasteiger partial charge in [-0.25, -0.2) is 0 Å². The molecular weight excluding hydrogens is 218 g/mol. The van der Waals surface area contributed by atoms with E-state index in [1.807, 2.05) is 25.9 Å². The molecule has 1 N–H and O–H groups in total. The summed E-state index contributed by atoms with van der Waals surface area (Å²) in [6, 6.07) is 0. The fourth-order valence-electron chi connectivity index (χ4n) is 0.688. The van der Waals surface area contributed by atoms with Crippen molar-refractivity contribution >= 4 is 28.2 Å². The molecule has 6 heteroatoms. The Morgan fingerprint density at radius 2 is 2.00 bits per heavy atom. The van der Waals surface area contributed by atoms with Gasteiger partial charge in [0.1, 0.15) is 0 Å². The second-order valence-corrected chi connectivity index (χ2v) is 5.89. The van der Waals surface area contributed by atoms with Crippen LogP contribution in [0.15, 0.2) is 4.34 Å². The van der Waals surface area contributed by atoms with E-state index in [2.05, 4.69) is 10.2 Å². The van der Waals surface area contributed by atoms with E-state index in [1.54, 1.807) is 30.0 Å². The summed E-state index contributed by atoms with van der Waals surface area (Å²) >= 11 is 3.10. The molecule has 4 nitrogen and oxygen atoms in total. The average molecular weight is 233 g/mol. The molecular formula is C8H15N3OS2. The van der Waals surface area contributed by atoms with Gasteiger partial charge < -0.3 is 10.0 Å². The van der Waals surface area contributed by atoms with Gasteiger partial charge in [0.25, 0.3) is 0 Å². The van der Waals surface area contributed by atoms with Crippen molar-refractivity contribution in [2.45, 2.75) is 29.5 Å². The maximum Gasteiger partial charge on any atom is 0.208 e. The van der Waals surface area contributed by atoms with E-state index in [0.29, 0.717) is 0 Å². The molecule has 1 rings (SSSR count). The van der Waals surface area contributed by atoms with Gasteiger partial charge in [-0.1, -0.05) is 30.0 Å². The van der Waals surface area contributed by atoms with Crippen LogP contribution in [0.25, 0.3) is 0 Å². The van der Waals surface area contributed by atoms with Crippen LogP contribution in [0.2, 0.25) is 0 Å². The molecule has 0 aromatic carbocycles. The van der Waals surface area contributed by atoms with Crippen LogP contribution >= 0.6 is 23.1 Å². The Bertz CT molecular complexity index is 288. The molecule has 80 valence electrons. The highest BCUT2D eigenvalue weighted by Crippen LogP contribution is 2.30. The van der Waals surface area contributed by atoms with E-state index in [-0.39, 0.29) is 11.4 Å². The van der Waals surface area contributed by atoms with Crippen molar-refractivity contribution in [1.82, 2.24) is 10.2 Å². The molecule has 0 amide bonds. The summed E-state index contributed by atoms with van der Waals surface area (Å²) in [6.45, 7) is 3.76. The summed E-state index contributed by atoms with van der Waals surface area (Å²) in [6.07, 6.45) is -0.327. The van der Waals surface area contributed by atoms with Crippen molar-refractivity contribution < 1.29 is 5.11 Å². The Morgan fingerprint density at radius 3 is 2.43 bits per heavy atom. The van der Waals surface area contributed by atoms with Gasteiger partial charge in [0.15, 0.2) is 4.34 Å². The Kier molecular flexibility index (Phi) is 4.15. The first-order chi connectivity index (χ1) is 6.50. The van der Waals surface area contributed by atoms with Crippen LogP contribution in [0.1, 0.15) is 13.8 Å². The highest BCUT2D eigenvalue weighted by atomic mass is 32.2. The SMILES string of the molecule is C[C@H](Sc1nnc(N(C)C)s1)[C@@H](C)O. The molecule has 14 heavy (non-hydrogen) atoms. The maximum atomic E-state index is 9.32. The van der Waals surface area contributed by atoms with Crippen molar-refractivity contribution in [3.05, 3.63) is 0 Å². The Labute approximate surface area is 92.3 Å². The van der Waals surface area contributed by atoms with Gasteiger partial charge >= 0.3 is 0 Å². The van der Waals surface area contributed by atoms with E-state index in [9.17, 15) is 5.11 Å². The van der Waals surface area contributed by atoms with Crippen molar-refractivity contribution in [2.24, 2.45) is 0 Å². The molecule has 0 spiro atoms. The summed E-state index contributed by atoms with van der Waals surface area (Å²) in [4.78, 5) is 1.93. The summed E-state index contributed by atoms with van der Waals surface area (Å²) < 4.78 is 0.905. The lowest BCUT2D eigenvalue weighted by molar-refractivity contribution is 0.196. The van der Waals surface area contributed by atoms with Crippen molar-refractivity contribution in [1.29, 1.82) is 0 Å². The highest BCUT2D eigenvalue weighted by Gasteiger charge is 2.14. The molecule has 0 saturated heterocycles. The van der Waals surface area contributed by atoms with Crippen molar-refractivity contribution in [2.75, 3.05) is 19.0 Å². The number of anilines is 1. The quantitative estimate of drug-likeness (QED) is 0.798. The molecule has 1 heterocycles. The lowest BCUT2D eigenvalue weighted by Crippen LogP contribution is -2.14. The van der Waals surface area contributed by atoms with E-state index in [4.69, 9.17) is 0 Å². The predicted molar refractivity (Wildman–Crippen MR) is 61.2 cm³/mol. The zero-order chi connectivity index (χ0) is 10.7. The van der Waals surface area contributed by atoms with Gasteiger partial charge in [0.2, 0.25) is 5.13 Å². The number of aromatic nitrogens is 2. The highest BCUT2D eigenvalue weighted by molar-refractivity contribution is 8.01. The Hall–Kier alpha value is -0.330. The third-order valence-corrected chi connectivity index (χ3v) is 4.22. The fourth-order valence-corrected chi connectivity index (χ4v) is 2.66. The van der Waals surface area contributed by atoms with E-state index < -0.39 is 0 Å². The monoisotopic (exact) mass is 233 g/mol. The van der Waals surface area contributed by atoms with Crippen molar-refractivity contribution in [3.8, 4) is 0 Å². The zero-order valence-electron chi connectivity index (χ0n) is 8.76. The Morgan fingerprint density at radius 1 is 1.36 bits per heavy atom. The number of aliphatic hydroxyl groups excluding tert-OH is 1. The number of rotatable bonds is 4. The molecule has 0 aliphatic carbocycles. The third kappa shape index (κ3) is 3.11. The van der Waals surface area contributed by atoms with Gasteiger partial charge in [-0.3, -0.25) is 0 Å². The first-order valence-electron chi connectivity index (χ1n) is 4.36. The number of hydrogen-bond donors (Lipinski definition) is 1. The molecule has 0 aliphatic rings. The number of aliphatic hydroxyl groups is 1. The van der Waals surface area contributed by atoms with E-state index in [1.165, 1.54) is 0 Å². The smallest absolute Gasteiger partial charge is 0.208 e. The van der Waals surface area contributed by atoms with Crippen LogP contribution in [0.5, 0.6) is 0 Å². The van der Waals surface area contributed by atoms with E-state index >= 15 is 0 Å². The molecule has 0 fully saturated rings. The Balaban J connectivity index is 2.60. The van der Waals surface area contributed by atoms with Gasteiger partial charge in [-0.2, -0.15) is 0 Å². The lowest BCUT2D eigenvalue weighted by atomic mass is 10.3. The number of hydrogen-bond acceptors (Lipinski definition) is 6. The largest absolute Gasteiger partial charge is 0.392 e. The molecule has 1 aromatic heterocycles. The summed E-state index contributed by atoms with van der Waals surface area (Å²) in [7, 11) is 3.88. The molecule has 2 atom stereocenters. The minimum atomic E-state index is -0.327. The van der Waals surface area contributed by atoms with Crippen molar-refractivity contribution in [3.63, 3.8) is 0 Å². The van der Waals surface area contributed by atoms with Crippen LogP contribution in [0, 0.1) is 0 Å².